The fourth-order valence-electron chi connectivity index (χ4n) is 1.63. The van der Waals surface area contributed by atoms with E-state index in [-0.39, 0.29) is 12.2 Å². The van der Waals surface area contributed by atoms with Gasteiger partial charge in [-0.05, 0) is 18.2 Å². The first-order valence-electron chi connectivity index (χ1n) is 6.45. The largest absolute Gasteiger partial charge is 0.347 e. The van der Waals surface area contributed by atoms with E-state index in [1.54, 1.807) is 31.3 Å². The predicted octanol–water partition coefficient (Wildman–Crippen LogP) is 2.14. The first-order valence-corrected chi connectivity index (χ1v) is 6.45. The summed E-state index contributed by atoms with van der Waals surface area (Å²) in [5.41, 5.74) is 0.364. The second-order valence-corrected chi connectivity index (χ2v) is 4.67. The van der Waals surface area contributed by atoms with Crippen LogP contribution < -0.4 is 15.5 Å². The molecule has 1 heterocycles. The third kappa shape index (κ3) is 4.11. The summed E-state index contributed by atoms with van der Waals surface area (Å²) in [6.45, 7) is 0.131. The van der Waals surface area contributed by atoms with Gasteiger partial charge in [-0.2, -0.15) is 0 Å². The Labute approximate surface area is 126 Å². The number of halogens is 2. The Bertz CT molecular complexity index is 678. The molecule has 0 aliphatic rings. The van der Waals surface area contributed by atoms with Gasteiger partial charge >= 0.3 is 6.03 Å². The molecule has 0 fully saturated rings. The van der Waals surface area contributed by atoms with Gasteiger partial charge in [-0.3, -0.25) is 0 Å². The molecule has 0 radical (unpaired) electrons. The minimum atomic E-state index is -0.714. The summed E-state index contributed by atoms with van der Waals surface area (Å²) < 4.78 is 26.4. The first kappa shape index (κ1) is 15.6. The van der Waals surface area contributed by atoms with Crippen molar-refractivity contribution in [2.45, 2.75) is 6.54 Å². The molecule has 116 valence electrons. The quantitative estimate of drug-likeness (QED) is 0.908. The average Bonchev–Trinajstić information content (AvgIpc) is 2.49. The van der Waals surface area contributed by atoms with Gasteiger partial charge in [0.2, 0.25) is 5.95 Å². The molecule has 1 aromatic carbocycles. The lowest BCUT2D eigenvalue weighted by Crippen LogP contribution is -2.29. The zero-order valence-corrected chi connectivity index (χ0v) is 12.1. The first-order chi connectivity index (χ1) is 10.5. The Morgan fingerprint density at radius 3 is 2.77 bits per heavy atom. The molecule has 0 spiro atoms. The van der Waals surface area contributed by atoms with Gasteiger partial charge in [-0.15, -0.1) is 0 Å². The summed E-state index contributed by atoms with van der Waals surface area (Å²) in [6, 6.07) is 3.81. The zero-order chi connectivity index (χ0) is 16.1. The van der Waals surface area contributed by atoms with Crippen LogP contribution >= 0.6 is 0 Å². The number of urea groups is 1. The molecule has 6 nitrogen and oxygen atoms in total. The molecule has 0 aliphatic heterocycles. The molecule has 0 atom stereocenters. The van der Waals surface area contributed by atoms with Gasteiger partial charge in [0.15, 0.2) is 0 Å². The van der Waals surface area contributed by atoms with Crippen LogP contribution in [0.5, 0.6) is 0 Å². The van der Waals surface area contributed by atoms with Crippen molar-refractivity contribution in [3.8, 4) is 0 Å². The minimum Gasteiger partial charge on any atom is -0.347 e. The predicted molar refractivity (Wildman–Crippen MR) is 78.6 cm³/mol. The van der Waals surface area contributed by atoms with E-state index in [0.717, 1.165) is 18.2 Å². The van der Waals surface area contributed by atoms with Crippen LogP contribution in [0.15, 0.2) is 30.5 Å². The molecule has 0 saturated carbocycles. The van der Waals surface area contributed by atoms with Crippen LogP contribution in [0.25, 0.3) is 0 Å². The van der Waals surface area contributed by atoms with Gasteiger partial charge in [-0.25, -0.2) is 23.5 Å². The van der Waals surface area contributed by atoms with Crippen LogP contribution in [0, 0.1) is 11.6 Å². The number of benzene rings is 1. The van der Waals surface area contributed by atoms with Gasteiger partial charge in [0.05, 0.1) is 17.9 Å². The van der Waals surface area contributed by atoms with Gasteiger partial charge in [0.1, 0.15) is 11.6 Å². The summed E-state index contributed by atoms with van der Waals surface area (Å²) in [4.78, 5) is 21.7. The summed E-state index contributed by atoms with van der Waals surface area (Å²) in [7, 11) is 3.60. The normalized spacial score (nSPS) is 10.2. The van der Waals surface area contributed by atoms with Crippen molar-refractivity contribution in [3.63, 3.8) is 0 Å². The Morgan fingerprint density at radius 1 is 1.27 bits per heavy atom. The lowest BCUT2D eigenvalue weighted by Gasteiger charge is -2.11. The molecule has 0 aliphatic carbocycles. The van der Waals surface area contributed by atoms with E-state index >= 15 is 0 Å². The van der Waals surface area contributed by atoms with Crippen LogP contribution in [0.1, 0.15) is 5.69 Å². The highest BCUT2D eigenvalue weighted by Crippen LogP contribution is 2.14. The lowest BCUT2D eigenvalue weighted by atomic mass is 10.3. The van der Waals surface area contributed by atoms with E-state index in [4.69, 9.17) is 0 Å². The molecule has 1 aromatic heterocycles. The van der Waals surface area contributed by atoms with Crippen LogP contribution in [0.4, 0.5) is 25.2 Å². The summed E-state index contributed by atoms with van der Waals surface area (Å²) in [5.74, 6) is -0.840. The SMILES string of the molecule is CN(C)c1nccc(CNC(=O)Nc2cc(F)ccc2F)n1. The van der Waals surface area contributed by atoms with Gasteiger partial charge < -0.3 is 15.5 Å². The second-order valence-electron chi connectivity index (χ2n) is 4.67. The number of anilines is 2. The van der Waals surface area contributed by atoms with Crippen LogP contribution in [-0.2, 0) is 6.54 Å². The molecular weight excluding hydrogens is 292 g/mol. The number of aromatic nitrogens is 2. The second kappa shape index (κ2) is 6.79. The fourth-order valence-corrected chi connectivity index (χ4v) is 1.63. The number of amides is 2. The molecule has 8 heteroatoms. The topological polar surface area (TPSA) is 70.2 Å². The van der Waals surface area contributed by atoms with Crippen molar-refractivity contribution in [1.29, 1.82) is 0 Å². The highest BCUT2D eigenvalue weighted by Gasteiger charge is 2.08. The van der Waals surface area contributed by atoms with Crippen LogP contribution in [0.3, 0.4) is 0 Å². The van der Waals surface area contributed by atoms with E-state index in [0.29, 0.717) is 11.6 Å². The number of nitrogens with zero attached hydrogens (tertiary/aromatic N) is 3. The highest BCUT2D eigenvalue weighted by molar-refractivity contribution is 5.89. The molecular formula is C14H15F2N5O. The van der Waals surface area contributed by atoms with Crippen molar-refractivity contribution in [1.82, 2.24) is 15.3 Å². The summed E-state index contributed by atoms with van der Waals surface area (Å²) in [6.07, 6.45) is 1.57. The monoisotopic (exact) mass is 307 g/mol. The molecule has 0 unspecified atom stereocenters. The minimum absolute atomic E-state index is 0.131. The number of nitrogens with one attached hydrogen (secondary N) is 2. The number of hydrogen-bond acceptors (Lipinski definition) is 4. The van der Waals surface area contributed by atoms with Crippen molar-refractivity contribution in [2.24, 2.45) is 0 Å². The summed E-state index contributed by atoms with van der Waals surface area (Å²) in [5, 5.41) is 4.75. The van der Waals surface area contributed by atoms with E-state index in [1.807, 2.05) is 0 Å². The molecule has 2 amide bonds. The molecule has 0 bridgehead atoms. The van der Waals surface area contributed by atoms with Gasteiger partial charge in [0.25, 0.3) is 0 Å². The van der Waals surface area contributed by atoms with Gasteiger partial charge in [-0.1, -0.05) is 0 Å². The Kier molecular flexibility index (Phi) is 4.82. The van der Waals surface area contributed by atoms with Crippen LogP contribution in [-0.4, -0.2) is 30.1 Å². The van der Waals surface area contributed by atoms with Crippen LogP contribution in [0.2, 0.25) is 0 Å². The standard InChI is InChI=1S/C14H15F2N5O/c1-21(2)13-17-6-5-10(19-13)8-18-14(22)20-12-7-9(15)3-4-11(12)16/h3-7H,8H2,1-2H3,(H2,18,20,22). The number of carbonyl (C=O) groups is 1. The van der Waals surface area contributed by atoms with Crippen molar-refractivity contribution >= 4 is 17.7 Å². The maximum atomic E-state index is 13.4. The molecule has 0 saturated heterocycles. The smallest absolute Gasteiger partial charge is 0.319 e. The van der Waals surface area contributed by atoms with E-state index < -0.39 is 17.7 Å². The van der Waals surface area contributed by atoms with Crippen molar-refractivity contribution < 1.29 is 13.6 Å². The van der Waals surface area contributed by atoms with E-state index in [9.17, 15) is 13.6 Å². The number of hydrogen-bond donors (Lipinski definition) is 2. The maximum Gasteiger partial charge on any atom is 0.319 e. The highest BCUT2D eigenvalue weighted by atomic mass is 19.1. The van der Waals surface area contributed by atoms with Crippen molar-refractivity contribution in [2.75, 3.05) is 24.3 Å². The molecule has 2 aromatic rings. The summed E-state index contributed by atoms with van der Waals surface area (Å²) >= 11 is 0. The fraction of sp³-hybridized carbons (Fsp3) is 0.214. The Morgan fingerprint density at radius 2 is 2.05 bits per heavy atom. The maximum absolute atomic E-state index is 13.4. The number of rotatable bonds is 4. The molecule has 22 heavy (non-hydrogen) atoms. The number of carbonyl (C=O) groups excluding carboxylic acids is 1. The zero-order valence-electron chi connectivity index (χ0n) is 12.1. The average molecular weight is 307 g/mol. The molecule has 2 N–H and O–H groups in total. The molecule has 2 rings (SSSR count). The third-order valence-electron chi connectivity index (χ3n) is 2.71. The van der Waals surface area contributed by atoms with E-state index in [2.05, 4.69) is 20.6 Å². The third-order valence-corrected chi connectivity index (χ3v) is 2.71. The Hall–Kier alpha value is -2.77. The van der Waals surface area contributed by atoms with Crippen molar-refractivity contribution in [3.05, 3.63) is 47.8 Å². The Balaban J connectivity index is 1.95. The lowest BCUT2D eigenvalue weighted by molar-refractivity contribution is 0.251. The van der Waals surface area contributed by atoms with Gasteiger partial charge in [0, 0.05) is 26.4 Å². The van der Waals surface area contributed by atoms with E-state index in [1.165, 1.54) is 0 Å².